The van der Waals surface area contributed by atoms with Crippen molar-refractivity contribution in [2.24, 2.45) is 0 Å². The van der Waals surface area contributed by atoms with Crippen LogP contribution in [0, 0.1) is 6.92 Å². The second-order valence-electron chi connectivity index (χ2n) is 5.11. The van der Waals surface area contributed by atoms with Crippen molar-refractivity contribution in [2.75, 3.05) is 11.9 Å². The average molecular weight is 267 g/mol. The third-order valence-electron chi connectivity index (χ3n) is 3.49. The van der Waals surface area contributed by atoms with Crippen LogP contribution in [0.5, 0.6) is 5.75 Å². The van der Waals surface area contributed by atoms with Crippen molar-refractivity contribution in [3.05, 3.63) is 59.7 Å². The summed E-state index contributed by atoms with van der Waals surface area (Å²) in [6.07, 6.45) is 0.000578. The summed E-state index contributed by atoms with van der Waals surface area (Å²) in [5.41, 5.74) is 3.18. The number of aryl methyl sites for hydroxylation is 1. The van der Waals surface area contributed by atoms with Crippen molar-refractivity contribution in [2.45, 2.75) is 19.4 Å². The standard InChI is InChI=1S/C17H17NO2/c1-12-6-8-13(9-7-12)10-15(19)17-11-18-14-4-2-3-5-16(14)20-17/h2-9,17-18H,10-11H2,1H3. The SMILES string of the molecule is Cc1ccc(CC(=O)C2CNc3ccccc3O2)cc1. The highest BCUT2D eigenvalue weighted by molar-refractivity contribution is 5.87. The van der Waals surface area contributed by atoms with E-state index in [4.69, 9.17) is 4.74 Å². The molecule has 2 aromatic rings. The van der Waals surface area contributed by atoms with Crippen molar-refractivity contribution in [1.29, 1.82) is 0 Å². The predicted molar refractivity (Wildman–Crippen MR) is 79.2 cm³/mol. The van der Waals surface area contributed by atoms with Crippen LogP contribution in [0.1, 0.15) is 11.1 Å². The van der Waals surface area contributed by atoms with Gasteiger partial charge in [-0.05, 0) is 24.6 Å². The van der Waals surface area contributed by atoms with E-state index < -0.39 is 6.10 Å². The molecule has 1 aliphatic heterocycles. The lowest BCUT2D eigenvalue weighted by Gasteiger charge is -2.26. The van der Waals surface area contributed by atoms with Gasteiger partial charge in [0.1, 0.15) is 5.75 Å². The molecule has 1 atom stereocenters. The molecule has 1 unspecified atom stereocenters. The average Bonchev–Trinajstić information content (AvgIpc) is 2.49. The predicted octanol–water partition coefficient (Wildman–Crippen LogP) is 2.98. The minimum absolute atomic E-state index is 0.107. The zero-order chi connectivity index (χ0) is 13.9. The fourth-order valence-corrected chi connectivity index (χ4v) is 2.31. The number of carbonyl (C=O) groups excluding carboxylic acids is 1. The number of fused-ring (bicyclic) bond motifs is 1. The van der Waals surface area contributed by atoms with Gasteiger partial charge in [-0.2, -0.15) is 0 Å². The smallest absolute Gasteiger partial charge is 0.179 e. The quantitative estimate of drug-likeness (QED) is 0.929. The second kappa shape index (κ2) is 5.37. The van der Waals surface area contributed by atoms with Crippen LogP contribution in [0.2, 0.25) is 0 Å². The summed E-state index contributed by atoms with van der Waals surface area (Å²) in [5, 5.41) is 3.24. The summed E-state index contributed by atoms with van der Waals surface area (Å²) in [6, 6.07) is 15.7. The largest absolute Gasteiger partial charge is 0.479 e. The van der Waals surface area contributed by atoms with Gasteiger partial charge in [0.05, 0.1) is 12.2 Å². The highest BCUT2D eigenvalue weighted by atomic mass is 16.5. The molecule has 3 rings (SSSR count). The topological polar surface area (TPSA) is 38.3 Å². The first kappa shape index (κ1) is 12.7. The van der Waals surface area contributed by atoms with Gasteiger partial charge < -0.3 is 10.1 Å². The van der Waals surface area contributed by atoms with Gasteiger partial charge in [0, 0.05) is 6.42 Å². The van der Waals surface area contributed by atoms with Gasteiger partial charge in [-0.15, -0.1) is 0 Å². The lowest BCUT2D eigenvalue weighted by Crippen LogP contribution is -2.38. The molecule has 0 aromatic heterocycles. The molecule has 0 fully saturated rings. The van der Waals surface area contributed by atoms with Gasteiger partial charge in [0.25, 0.3) is 0 Å². The number of anilines is 1. The number of rotatable bonds is 3. The minimum Gasteiger partial charge on any atom is -0.479 e. The number of ether oxygens (including phenoxy) is 1. The van der Waals surface area contributed by atoms with Crippen molar-refractivity contribution in [1.82, 2.24) is 0 Å². The highest BCUT2D eigenvalue weighted by Gasteiger charge is 2.25. The fourth-order valence-electron chi connectivity index (χ4n) is 2.31. The summed E-state index contributed by atoms with van der Waals surface area (Å²) >= 11 is 0. The van der Waals surface area contributed by atoms with Crippen molar-refractivity contribution in [3.8, 4) is 5.75 Å². The van der Waals surface area contributed by atoms with E-state index in [-0.39, 0.29) is 5.78 Å². The third kappa shape index (κ3) is 2.67. The van der Waals surface area contributed by atoms with Gasteiger partial charge in [-0.1, -0.05) is 42.0 Å². The number of ketones is 1. The molecule has 3 heteroatoms. The Morgan fingerprint density at radius 3 is 2.75 bits per heavy atom. The number of Topliss-reactive ketones (excluding diaryl/α,β-unsaturated/α-hetero) is 1. The third-order valence-corrected chi connectivity index (χ3v) is 3.49. The molecule has 0 saturated heterocycles. The summed E-state index contributed by atoms with van der Waals surface area (Å²) in [4.78, 5) is 12.3. The van der Waals surface area contributed by atoms with E-state index in [2.05, 4.69) is 5.32 Å². The molecule has 0 spiro atoms. The number of carbonyl (C=O) groups is 1. The van der Waals surface area contributed by atoms with Crippen molar-refractivity contribution < 1.29 is 9.53 Å². The Morgan fingerprint density at radius 2 is 1.95 bits per heavy atom. The molecule has 0 bridgehead atoms. The number of benzene rings is 2. The number of hydrogen-bond acceptors (Lipinski definition) is 3. The maximum absolute atomic E-state index is 12.3. The number of hydrogen-bond donors (Lipinski definition) is 1. The lowest BCUT2D eigenvalue weighted by atomic mass is 10.0. The summed E-state index contributed by atoms with van der Waals surface area (Å²) in [5.74, 6) is 0.858. The van der Waals surface area contributed by atoms with E-state index in [1.54, 1.807) is 0 Å². The molecule has 0 radical (unpaired) electrons. The van der Waals surface area contributed by atoms with Gasteiger partial charge in [0.15, 0.2) is 11.9 Å². The molecule has 0 saturated carbocycles. The summed E-state index contributed by atoms with van der Waals surface area (Å²) in [6.45, 7) is 2.57. The molecular weight excluding hydrogens is 250 g/mol. The maximum atomic E-state index is 12.3. The molecule has 20 heavy (non-hydrogen) atoms. The Labute approximate surface area is 118 Å². The van der Waals surface area contributed by atoms with Gasteiger partial charge in [-0.25, -0.2) is 0 Å². The molecule has 1 N–H and O–H groups in total. The number of para-hydroxylation sites is 2. The van der Waals surface area contributed by atoms with E-state index >= 15 is 0 Å². The van der Waals surface area contributed by atoms with Crippen molar-refractivity contribution in [3.63, 3.8) is 0 Å². The Hall–Kier alpha value is -2.29. The van der Waals surface area contributed by atoms with Crippen LogP contribution in [-0.2, 0) is 11.2 Å². The Bertz CT molecular complexity index is 619. The molecule has 3 nitrogen and oxygen atoms in total. The zero-order valence-corrected chi connectivity index (χ0v) is 11.4. The Kier molecular flexibility index (Phi) is 3.42. The molecule has 0 aliphatic carbocycles. The lowest BCUT2D eigenvalue weighted by molar-refractivity contribution is -0.124. The van der Waals surface area contributed by atoms with Crippen LogP contribution in [0.4, 0.5) is 5.69 Å². The zero-order valence-electron chi connectivity index (χ0n) is 11.4. The van der Waals surface area contributed by atoms with Crippen LogP contribution in [0.25, 0.3) is 0 Å². The van der Waals surface area contributed by atoms with E-state index in [1.807, 2.05) is 55.5 Å². The molecule has 1 aliphatic rings. The molecule has 2 aromatic carbocycles. The minimum atomic E-state index is -0.411. The van der Waals surface area contributed by atoms with E-state index in [0.29, 0.717) is 13.0 Å². The normalized spacial score (nSPS) is 16.8. The second-order valence-corrected chi connectivity index (χ2v) is 5.11. The summed E-state index contributed by atoms with van der Waals surface area (Å²) < 4.78 is 5.78. The first-order valence-corrected chi connectivity index (χ1v) is 6.80. The maximum Gasteiger partial charge on any atom is 0.179 e. The first-order chi connectivity index (χ1) is 9.72. The Morgan fingerprint density at radius 1 is 1.20 bits per heavy atom. The molecule has 1 heterocycles. The molecule has 102 valence electrons. The van der Waals surface area contributed by atoms with Crippen LogP contribution >= 0.6 is 0 Å². The highest BCUT2D eigenvalue weighted by Crippen LogP contribution is 2.28. The van der Waals surface area contributed by atoms with Gasteiger partial charge in [-0.3, -0.25) is 4.79 Å². The van der Waals surface area contributed by atoms with Crippen LogP contribution in [0.3, 0.4) is 0 Å². The van der Waals surface area contributed by atoms with Gasteiger partial charge >= 0.3 is 0 Å². The van der Waals surface area contributed by atoms with Crippen LogP contribution < -0.4 is 10.1 Å². The van der Waals surface area contributed by atoms with Gasteiger partial charge in [0.2, 0.25) is 0 Å². The molecule has 0 amide bonds. The first-order valence-electron chi connectivity index (χ1n) is 6.80. The van der Waals surface area contributed by atoms with E-state index in [9.17, 15) is 4.79 Å². The van der Waals surface area contributed by atoms with Crippen molar-refractivity contribution >= 4 is 11.5 Å². The van der Waals surface area contributed by atoms with Crippen LogP contribution in [0.15, 0.2) is 48.5 Å². The number of nitrogens with one attached hydrogen (secondary N) is 1. The van der Waals surface area contributed by atoms with E-state index in [0.717, 1.165) is 17.0 Å². The molecular formula is C17H17NO2. The van der Waals surface area contributed by atoms with Crippen LogP contribution in [-0.4, -0.2) is 18.4 Å². The fraction of sp³-hybridized carbons (Fsp3) is 0.235. The monoisotopic (exact) mass is 267 g/mol. The Balaban J connectivity index is 1.68. The summed E-state index contributed by atoms with van der Waals surface area (Å²) in [7, 11) is 0. The van der Waals surface area contributed by atoms with E-state index in [1.165, 1.54) is 5.56 Å².